The number of hydrogen-bond acceptors (Lipinski definition) is 5. The zero-order valence-electron chi connectivity index (χ0n) is 13.0. The molecular formula is C16H26N2O3. The highest BCUT2D eigenvalue weighted by Crippen LogP contribution is 2.42. The Labute approximate surface area is 126 Å². The Bertz CT molecular complexity index is 476. The van der Waals surface area contributed by atoms with Gasteiger partial charge >= 0.3 is 0 Å². The highest BCUT2D eigenvalue weighted by molar-refractivity contribution is 5.07. The molecule has 5 nitrogen and oxygen atoms in total. The summed E-state index contributed by atoms with van der Waals surface area (Å²) >= 11 is 0. The van der Waals surface area contributed by atoms with Crippen molar-refractivity contribution in [3.8, 4) is 0 Å². The fourth-order valence-corrected chi connectivity index (χ4v) is 3.95. The van der Waals surface area contributed by atoms with Gasteiger partial charge in [0.2, 0.25) is 11.7 Å². The zero-order chi connectivity index (χ0) is 14.9. The molecule has 2 aliphatic carbocycles. The number of nitrogens with zero attached hydrogens (tertiary/aromatic N) is 2. The van der Waals surface area contributed by atoms with Crippen molar-refractivity contribution in [1.29, 1.82) is 0 Å². The van der Waals surface area contributed by atoms with E-state index in [2.05, 4.69) is 17.1 Å². The van der Waals surface area contributed by atoms with Crippen LogP contribution in [0.25, 0.3) is 0 Å². The number of aromatic nitrogens is 2. The Morgan fingerprint density at radius 1 is 1.24 bits per heavy atom. The van der Waals surface area contributed by atoms with Gasteiger partial charge in [0.15, 0.2) is 0 Å². The van der Waals surface area contributed by atoms with Crippen LogP contribution in [-0.4, -0.2) is 28.5 Å². The average molecular weight is 294 g/mol. The molecule has 2 fully saturated rings. The SMILES string of the molecule is COC1(c2noc(C3CCCCC3O)n2)CCCC(C)C1. The van der Waals surface area contributed by atoms with E-state index in [0.717, 1.165) is 44.9 Å². The first-order valence-corrected chi connectivity index (χ1v) is 8.22. The first-order valence-electron chi connectivity index (χ1n) is 8.22. The molecule has 0 saturated heterocycles. The minimum Gasteiger partial charge on any atom is -0.392 e. The number of hydrogen-bond donors (Lipinski definition) is 1. The van der Waals surface area contributed by atoms with Crippen LogP contribution in [0.3, 0.4) is 0 Å². The normalized spacial score (nSPS) is 37.6. The Morgan fingerprint density at radius 3 is 2.76 bits per heavy atom. The van der Waals surface area contributed by atoms with E-state index in [1.165, 1.54) is 6.42 Å². The van der Waals surface area contributed by atoms with Crippen molar-refractivity contribution in [1.82, 2.24) is 10.1 Å². The second-order valence-electron chi connectivity index (χ2n) is 6.81. The lowest BCUT2D eigenvalue weighted by atomic mass is 9.78. The van der Waals surface area contributed by atoms with Gasteiger partial charge in [-0.3, -0.25) is 0 Å². The predicted octanol–water partition coefficient (Wildman–Crippen LogP) is 3.14. The summed E-state index contributed by atoms with van der Waals surface area (Å²) in [6.45, 7) is 2.25. The Kier molecular flexibility index (Phi) is 4.31. The van der Waals surface area contributed by atoms with E-state index in [1.807, 2.05) is 0 Å². The molecule has 0 spiro atoms. The molecule has 21 heavy (non-hydrogen) atoms. The maximum Gasteiger partial charge on any atom is 0.232 e. The summed E-state index contributed by atoms with van der Waals surface area (Å²) in [7, 11) is 1.74. The molecule has 1 aromatic rings. The van der Waals surface area contributed by atoms with E-state index < -0.39 is 5.60 Å². The van der Waals surface area contributed by atoms with Crippen molar-refractivity contribution in [2.45, 2.75) is 75.9 Å². The molecule has 3 rings (SSSR count). The van der Waals surface area contributed by atoms with Gasteiger partial charge in [-0.2, -0.15) is 4.98 Å². The second kappa shape index (κ2) is 6.05. The van der Waals surface area contributed by atoms with Gasteiger partial charge in [0, 0.05) is 7.11 Å². The van der Waals surface area contributed by atoms with Crippen molar-refractivity contribution in [2.75, 3.05) is 7.11 Å². The second-order valence-corrected chi connectivity index (χ2v) is 6.81. The summed E-state index contributed by atoms with van der Waals surface area (Å²) in [5.41, 5.74) is -0.404. The molecule has 1 N–H and O–H groups in total. The van der Waals surface area contributed by atoms with Crippen LogP contribution in [0.4, 0.5) is 0 Å². The molecule has 0 aromatic carbocycles. The first-order chi connectivity index (χ1) is 10.1. The molecule has 118 valence electrons. The average Bonchev–Trinajstić information content (AvgIpc) is 2.98. The monoisotopic (exact) mass is 294 g/mol. The van der Waals surface area contributed by atoms with Gasteiger partial charge in [-0.1, -0.05) is 31.3 Å². The van der Waals surface area contributed by atoms with Crippen molar-refractivity contribution in [3.05, 3.63) is 11.7 Å². The van der Waals surface area contributed by atoms with Crippen LogP contribution in [0.1, 0.15) is 75.9 Å². The van der Waals surface area contributed by atoms with Crippen LogP contribution in [-0.2, 0) is 10.3 Å². The van der Waals surface area contributed by atoms with Gasteiger partial charge in [0.05, 0.1) is 12.0 Å². The van der Waals surface area contributed by atoms with Gasteiger partial charge in [0.1, 0.15) is 5.60 Å². The lowest BCUT2D eigenvalue weighted by Gasteiger charge is -2.36. The number of methoxy groups -OCH3 is 1. The van der Waals surface area contributed by atoms with Gasteiger partial charge in [-0.25, -0.2) is 0 Å². The standard InChI is InChI=1S/C16H26N2O3/c1-11-6-5-9-16(10-11,20-2)15-17-14(21-18-15)12-7-3-4-8-13(12)19/h11-13,19H,3-10H2,1-2H3. The number of aliphatic hydroxyl groups is 1. The van der Waals surface area contributed by atoms with Crippen LogP contribution >= 0.6 is 0 Å². The maximum absolute atomic E-state index is 10.1. The van der Waals surface area contributed by atoms with E-state index in [-0.39, 0.29) is 12.0 Å². The molecule has 0 aliphatic heterocycles. The van der Waals surface area contributed by atoms with E-state index in [9.17, 15) is 5.11 Å². The largest absolute Gasteiger partial charge is 0.392 e. The highest BCUT2D eigenvalue weighted by Gasteiger charge is 2.42. The van der Waals surface area contributed by atoms with Crippen molar-refractivity contribution >= 4 is 0 Å². The molecule has 5 heteroatoms. The number of aliphatic hydroxyl groups excluding tert-OH is 1. The summed E-state index contributed by atoms with van der Waals surface area (Å²) in [5.74, 6) is 1.87. The predicted molar refractivity (Wildman–Crippen MR) is 77.8 cm³/mol. The van der Waals surface area contributed by atoms with Gasteiger partial charge in [0.25, 0.3) is 0 Å². The van der Waals surface area contributed by atoms with Crippen LogP contribution in [0.15, 0.2) is 4.52 Å². The summed E-state index contributed by atoms with van der Waals surface area (Å²) in [5, 5.41) is 14.4. The summed E-state index contributed by atoms with van der Waals surface area (Å²) in [6, 6.07) is 0. The third-order valence-corrected chi connectivity index (χ3v) is 5.24. The third-order valence-electron chi connectivity index (χ3n) is 5.24. The molecule has 0 bridgehead atoms. The molecule has 4 atom stereocenters. The third kappa shape index (κ3) is 2.86. The van der Waals surface area contributed by atoms with Gasteiger partial charge in [-0.05, 0) is 38.0 Å². The molecule has 2 saturated carbocycles. The van der Waals surface area contributed by atoms with E-state index >= 15 is 0 Å². The van der Waals surface area contributed by atoms with Crippen LogP contribution < -0.4 is 0 Å². The molecule has 0 amide bonds. The van der Waals surface area contributed by atoms with Crippen LogP contribution in [0, 0.1) is 5.92 Å². The van der Waals surface area contributed by atoms with Gasteiger partial charge in [-0.15, -0.1) is 0 Å². The minimum absolute atomic E-state index is 0.00470. The molecule has 1 aromatic heterocycles. The topological polar surface area (TPSA) is 68.4 Å². The van der Waals surface area contributed by atoms with E-state index in [0.29, 0.717) is 17.6 Å². The zero-order valence-corrected chi connectivity index (χ0v) is 13.0. The number of rotatable bonds is 3. The smallest absolute Gasteiger partial charge is 0.232 e. The van der Waals surface area contributed by atoms with E-state index in [4.69, 9.17) is 9.26 Å². The highest BCUT2D eigenvalue weighted by atomic mass is 16.5. The summed E-state index contributed by atoms with van der Waals surface area (Å²) < 4.78 is 11.3. The Hall–Kier alpha value is -0.940. The Balaban J connectivity index is 1.82. The summed E-state index contributed by atoms with van der Waals surface area (Å²) in [4.78, 5) is 4.62. The van der Waals surface area contributed by atoms with Gasteiger partial charge < -0.3 is 14.4 Å². The molecular weight excluding hydrogens is 268 g/mol. The van der Waals surface area contributed by atoms with Crippen molar-refractivity contribution < 1.29 is 14.4 Å². The lowest BCUT2D eigenvalue weighted by molar-refractivity contribution is -0.0658. The molecule has 2 aliphatic rings. The van der Waals surface area contributed by atoms with Crippen LogP contribution in [0.5, 0.6) is 0 Å². The molecule has 1 heterocycles. The number of ether oxygens (including phenoxy) is 1. The van der Waals surface area contributed by atoms with Crippen LogP contribution in [0.2, 0.25) is 0 Å². The molecule has 4 unspecified atom stereocenters. The van der Waals surface area contributed by atoms with E-state index in [1.54, 1.807) is 7.11 Å². The summed E-state index contributed by atoms with van der Waals surface area (Å²) in [6.07, 6.45) is 7.85. The maximum atomic E-state index is 10.1. The fraction of sp³-hybridized carbons (Fsp3) is 0.875. The van der Waals surface area contributed by atoms with Crippen molar-refractivity contribution in [3.63, 3.8) is 0 Å². The Morgan fingerprint density at radius 2 is 2.05 bits per heavy atom. The lowest BCUT2D eigenvalue weighted by Crippen LogP contribution is -2.35. The first kappa shape index (κ1) is 15.0. The minimum atomic E-state index is -0.404. The van der Waals surface area contributed by atoms with Crippen molar-refractivity contribution in [2.24, 2.45) is 5.92 Å². The molecule has 0 radical (unpaired) electrons. The fourth-order valence-electron chi connectivity index (χ4n) is 3.95. The quantitative estimate of drug-likeness (QED) is 0.927.